The highest BCUT2D eigenvalue weighted by atomic mass is 33.1. The van der Waals surface area contributed by atoms with Gasteiger partial charge in [0.2, 0.25) is 41.4 Å². The molecule has 334 valence electrons. The molecular formula is C37H50N8O14S2. The fraction of sp³-hybridized carbons (Fsp3) is 0.486. The number of primary amides is 1. The van der Waals surface area contributed by atoms with Crippen molar-refractivity contribution in [2.75, 3.05) is 37.8 Å². The van der Waals surface area contributed by atoms with Crippen molar-refractivity contribution < 1.29 is 68.6 Å². The normalized spacial score (nSPS) is 26.2. The molecule has 0 saturated carbocycles. The Balaban J connectivity index is 1.55. The van der Waals surface area contributed by atoms with E-state index in [4.69, 9.17) is 20.9 Å². The second-order valence-electron chi connectivity index (χ2n) is 14.0. The van der Waals surface area contributed by atoms with Crippen LogP contribution in [0.15, 0.2) is 54.6 Å². The number of nitrogens with one attached hydrogen (secondary N) is 6. The molecule has 22 nitrogen and oxygen atoms in total. The monoisotopic (exact) mass is 894 g/mol. The van der Waals surface area contributed by atoms with E-state index in [1.54, 1.807) is 42.5 Å². The molecule has 24 heteroatoms. The zero-order valence-corrected chi connectivity index (χ0v) is 34.1. The second-order valence-corrected chi connectivity index (χ2v) is 16.5. The van der Waals surface area contributed by atoms with E-state index in [1.165, 1.54) is 12.1 Å². The van der Waals surface area contributed by atoms with Gasteiger partial charge in [-0.15, -0.1) is 0 Å². The van der Waals surface area contributed by atoms with Crippen molar-refractivity contribution in [3.63, 3.8) is 0 Å². The predicted octanol–water partition coefficient (Wildman–Crippen LogP) is -5.63. The highest BCUT2D eigenvalue weighted by Crippen LogP contribution is 2.25. The van der Waals surface area contributed by atoms with Crippen LogP contribution in [0.5, 0.6) is 5.75 Å². The Morgan fingerprint density at radius 2 is 1.57 bits per heavy atom. The van der Waals surface area contributed by atoms with Crippen molar-refractivity contribution in [3.8, 4) is 5.75 Å². The molecule has 2 aromatic carbocycles. The SMILES string of the molecule is NC(=O)CNC(=O)[C@H](CO[C@@H]1O[C@H](CO)[C@H](O)[C@H](O)[C@H]1O)NC(=O)[C@H]1CSSC[C@@H](NC(=O)[C@@H](N)Cc2ccc(O)cc2)C(=O)NCC(=O)N[C@@H](Cc2ccccc2)C(=O)N1. The molecule has 2 fully saturated rings. The molecule has 0 radical (unpaired) electrons. The van der Waals surface area contributed by atoms with Gasteiger partial charge in [0, 0.05) is 17.9 Å². The molecule has 2 heterocycles. The Hall–Kier alpha value is -5.05. The molecule has 61 heavy (non-hydrogen) atoms. The molecular weight excluding hydrogens is 845 g/mol. The number of nitrogens with two attached hydrogens (primary N) is 2. The number of aromatic hydroxyl groups is 1. The van der Waals surface area contributed by atoms with E-state index in [0.29, 0.717) is 11.1 Å². The smallest absolute Gasteiger partial charge is 0.245 e. The van der Waals surface area contributed by atoms with E-state index < -0.39 is 129 Å². The Kier molecular flexibility index (Phi) is 19.0. The number of phenolic OH excluding ortho intramolecular Hbond substituents is 1. The quantitative estimate of drug-likeness (QED) is 0.0741. The molecule has 0 unspecified atom stereocenters. The summed E-state index contributed by atoms with van der Waals surface area (Å²) in [4.78, 5) is 92.2. The fourth-order valence-corrected chi connectivity index (χ4v) is 8.20. The second kappa shape index (κ2) is 23.8. The molecule has 4 rings (SSSR count). The van der Waals surface area contributed by atoms with Gasteiger partial charge in [0.15, 0.2) is 6.29 Å². The topological polar surface area (TPSA) is 363 Å². The van der Waals surface area contributed by atoms with Gasteiger partial charge < -0.3 is 78.4 Å². The number of rotatable bonds is 15. The summed E-state index contributed by atoms with van der Waals surface area (Å²) >= 11 is 0. The first-order valence-electron chi connectivity index (χ1n) is 18.8. The van der Waals surface area contributed by atoms with Crippen LogP contribution in [0.25, 0.3) is 0 Å². The van der Waals surface area contributed by atoms with Gasteiger partial charge in [-0.25, -0.2) is 0 Å². The van der Waals surface area contributed by atoms with Gasteiger partial charge in [0.05, 0.1) is 32.3 Å². The Morgan fingerprint density at radius 3 is 2.25 bits per heavy atom. The minimum absolute atomic E-state index is 0.0220. The maximum atomic E-state index is 14.0. The van der Waals surface area contributed by atoms with Gasteiger partial charge in [-0.2, -0.15) is 0 Å². The van der Waals surface area contributed by atoms with E-state index in [1.807, 2.05) is 0 Å². The van der Waals surface area contributed by atoms with Crippen molar-refractivity contribution in [3.05, 3.63) is 65.7 Å². The third-order valence-electron chi connectivity index (χ3n) is 9.25. The number of hydrogen-bond acceptors (Lipinski definition) is 17. The number of aliphatic hydroxyl groups is 4. The number of ether oxygens (including phenoxy) is 2. The van der Waals surface area contributed by atoms with Crippen LogP contribution in [0.3, 0.4) is 0 Å². The first-order chi connectivity index (χ1) is 29.1. The molecule has 15 N–H and O–H groups in total. The molecule has 2 saturated heterocycles. The summed E-state index contributed by atoms with van der Waals surface area (Å²) in [6.07, 6.45) is -8.46. The van der Waals surface area contributed by atoms with Crippen molar-refractivity contribution in [2.45, 2.75) is 73.8 Å². The van der Waals surface area contributed by atoms with Crippen LogP contribution in [-0.4, -0.2) is 166 Å². The van der Waals surface area contributed by atoms with Crippen LogP contribution in [0.4, 0.5) is 0 Å². The number of carbonyl (C=O) groups is 7. The molecule has 2 aromatic rings. The zero-order chi connectivity index (χ0) is 44.6. The van der Waals surface area contributed by atoms with Crippen molar-refractivity contribution >= 4 is 62.9 Å². The third-order valence-corrected chi connectivity index (χ3v) is 11.7. The van der Waals surface area contributed by atoms with Crippen molar-refractivity contribution in [2.24, 2.45) is 11.5 Å². The van der Waals surface area contributed by atoms with Gasteiger partial charge in [-0.3, -0.25) is 33.6 Å². The van der Waals surface area contributed by atoms with Crippen LogP contribution >= 0.6 is 21.6 Å². The third kappa shape index (κ3) is 15.1. The van der Waals surface area contributed by atoms with E-state index in [0.717, 1.165) is 21.6 Å². The first kappa shape index (κ1) is 48.6. The number of carbonyl (C=O) groups excluding carboxylic acids is 7. The average molecular weight is 895 g/mol. The summed E-state index contributed by atoms with van der Waals surface area (Å²) in [6.45, 7) is -2.81. The largest absolute Gasteiger partial charge is 0.508 e. The van der Waals surface area contributed by atoms with Crippen molar-refractivity contribution in [1.82, 2.24) is 31.9 Å². The van der Waals surface area contributed by atoms with Crippen LogP contribution in [0.2, 0.25) is 0 Å². The lowest BCUT2D eigenvalue weighted by Crippen LogP contribution is -2.61. The Bertz CT molecular complexity index is 1830. The summed E-state index contributed by atoms with van der Waals surface area (Å²) in [5, 5.41) is 64.7. The van der Waals surface area contributed by atoms with Gasteiger partial charge in [0.25, 0.3) is 0 Å². The first-order valence-corrected chi connectivity index (χ1v) is 21.3. The van der Waals surface area contributed by atoms with Gasteiger partial charge >= 0.3 is 0 Å². The molecule has 0 spiro atoms. The molecule has 0 aliphatic carbocycles. The minimum Gasteiger partial charge on any atom is -0.508 e. The van der Waals surface area contributed by atoms with E-state index in [9.17, 15) is 59.1 Å². The summed E-state index contributed by atoms with van der Waals surface area (Å²) in [5.74, 6) is -6.26. The highest BCUT2D eigenvalue weighted by molar-refractivity contribution is 8.76. The summed E-state index contributed by atoms with van der Waals surface area (Å²) in [7, 11) is 2.03. The maximum absolute atomic E-state index is 14.0. The van der Waals surface area contributed by atoms with E-state index in [-0.39, 0.29) is 30.1 Å². The molecule has 10 atom stereocenters. The van der Waals surface area contributed by atoms with Crippen LogP contribution in [0.1, 0.15) is 11.1 Å². The molecule has 0 bridgehead atoms. The molecule has 2 aliphatic heterocycles. The number of benzene rings is 2. The maximum Gasteiger partial charge on any atom is 0.245 e. The standard InChI is InChI=1S/C37H50N8O14S2/c38-21(10-19-6-8-20(47)9-7-19)32(53)44-24-16-60-61-17-25(45-35(56)22(11-18-4-2-1-3-5-18)42-28(49)13-41-34(24)55)36(57)43-23(33(54)40-12-27(39)48)15-58-37-31(52)30(51)29(50)26(14-46)59-37/h1-9,21-26,29-31,37,46-47,50-52H,10-17,38H2,(H2,39,48)(H,40,54)(H,41,55)(H,42,49)(H,43,57)(H,44,53)(H,45,56)/t21-,22-,23-,24+,25+,26+,29-,30-,31+,37+/m0/s1. The zero-order valence-electron chi connectivity index (χ0n) is 32.5. The van der Waals surface area contributed by atoms with Gasteiger partial charge in [0.1, 0.15) is 54.3 Å². The summed E-state index contributed by atoms with van der Waals surface area (Å²) in [6, 6.07) is 7.85. The van der Waals surface area contributed by atoms with Gasteiger partial charge in [-0.05, 0) is 29.7 Å². The molecule has 2 aliphatic rings. The average Bonchev–Trinajstić information content (AvgIpc) is 3.24. The Morgan fingerprint density at radius 1 is 0.885 bits per heavy atom. The summed E-state index contributed by atoms with van der Waals surface area (Å²) in [5.41, 5.74) is 12.6. The van der Waals surface area contributed by atoms with Crippen LogP contribution in [-0.2, 0) is 55.9 Å². The number of hydrogen-bond donors (Lipinski definition) is 13. The number of phenols is 1. The minimum atomic E-state index is -1.86. The number of aliphatic hydroxyl groups excluding tert-OH is 4. The molecule has 7 amide bonds. The molecule has 0 aromatic heterocycles. The summed E-state index contributed by atoms with van der Waals surface area (Å²) < 4.78 is 10.8. The lowest BCUT2D eigenvalue weighted by molar-refractivity contribution is -0.301. The fourth-order valence-electron chi connectivity index (χ4n) is 5.87. The van der Waals surface area contributed by atoms with Crippen LogP contribution in [0, 0.1) is 0 Å². The van der Waals surface area contributed by atoms with E-state index >= 15 is 0 Å². The predicted molar refractivity (Wildman–Crippen MR) is 218 cm³/mol. The van der Waals surface area contributed by atoms with Gasteiger partial charge in [-0.1, -0.05) is 64.1 Å². The number of amides is 7. The van der Waals surface area contributed by atoms with Crippen molar-refractivity contribution in [1.29, 1.82) is 0 Å². The lowest BCUT2D eigenvalue weighted by atomic mass is 9.99. The van der Waals surface area contributed by atoms with E-state index in [2.05, 4.69) is 31.9 Å². The Labute approximate surface area is 357 Å². The van der Waals surface area contributed by atoms with Crippen LogP contribution < -0.4 is 43.4 Å². The lowest BCUT2D eigenvalue weighted by Gasteiger charge is -2.40. The highest BCUT2D eigenvalue weighted by Gasteiger charge is 2.44.